The molecule has 0 aromatic heterocycles. The molecule has 18 heavy (non-hydrogen) atoms. The van der Waals surface area contributed by atoms with Gasteiger partial charge in [0.2, 0.25) is 5.91 Å². The molecule has 4 N–H and O–H groups in total. The van der Waals surface area contributed by atoms with Crippen molar-refractivity contribution in [3.05, 3.63) is 24.3 Å². The summed E-state index contributed by atoms with van der Waals surface area (Å²) in [6.45, 7) is 2.36. The van der Waals surface area contributed by atoms with Crippen LogP contribution in [0.2, 0.25) is 0 Å². The number of aliphatic carboxylic acids is 1. The monoisotopic (exact) mass is 252 g/mol. The minimum absolute atomic E-state index is 0.0972. The van der Waals surface area contributed by atoms with Gasteiger partial charge in [0.15, 0.2) is 0 Å². The maximum Gasteiger partial charge on any atom is 0.230 e. The van der Waals surface area contributed by atoms with Gasteiger partial charge in [-0.3, -0.25) is 4.79 Å². The third-order valence-electron chi connectivity index (χ3n) is 2.38. The Morgan fingerprint density at radius 3 is 2.50 bits per heavy atom. The summed E-state index contributed by atoms with van der Waals surface area (Å²) in [5.41, 5.74) is 0.506. The SMILES string of the molecule is CC[NH2+][C@H](CC(=O)Nc1ccc(O)cc1)C(=O)[O-]. The third kappa shape index (κ3) is 4.42. The number of carboxylic acid groups (broad SMARTS) is 1. The van der Waals surface area contributed by atoms with Crippen molar-refractivity contribution in [1.82, 2.24) is 0 Å². The van der Waals surface area contributed by atoms with Crippen LogP contribution in [0.1, 0.15) is 13.3 Å². The largest absolute Gasteiger partial charge is 0.544 e. The van der Waals surface area contributed by atoms with E-state index in [1.54, 1.807) is 6.92 Å². The van der Waals surface area contributed by atoms with E-state index in [2.05, 4.69) is 5.32 Å². The zero-order chi connectivity index (χ0) is 13.5. The van der Waals surface area contributed by atoms with Crippen molar-refractivity contribution in [2.45, 2.75) is 19.4 Å². The Morgan fingerprint density at radius 1 is 1.39 bits per heavy atom. The Hall–Kier alpha value is -2.08. The molecule has 0 heterocycles. The van der Waals surface area contributed by atoms with Gasteiger partial charge in [-0.05, 0) is 31.2 Å². The lowest BCUT2D eigenvalue weighted by Gasteiger charge is -2.15. The van der Waals surface area contributed by atoms with Crippen molar-refractivity contribution in [1.29, 1.82) is 0 Å². The highest BCUT2D eigenvalue weighted by atomic mass is 16.4. The molecule has 1 amide bonds. The van der Waals surface area contributed by atoms with Crippen LogP contribution in [0.5, 0.6) is 5.75 Å². The van der Waals surface area contributed by atoms with E-state index >= 15 is 0 Å². The molecule has 1 aromatic carbocycles. The number of likely N-dealkylation sites (N-methyl/N-ethyl adjacent to an activating group) is 1. The van der Waals surface area contributed by atoms with Crippen LogP contribution in [-0.4, -0.2) is 29.6 Å². The van der Waals surface area contributed by atoms with Gasteiger partial charge in [0.25, 0.3) is 0 Å². The predicted molar refractivity (Wildman–Crippen MR) is 62.6 cm³/mol. The fraction of sp³-hybridized carbons (Fsp3) is 0.333. The average molecular weight is 252 g/mol. The number of quaternary nitrogens is 1. The molecule has 0 radical (unpaired) electrons. The number of anilines is 1. The summed E-state index contributed by atoms with van der Waals surface area (Å²) in [7, 11) is 0. The quantitative estimate of drug-likeness (QED) is 0.531. The zero-order valence-corrected chi connectivity index (χ0v) is 10.1. The molecule has 0 aliphatic heterocycles. The molecule has 0 unspecified atom stereocenters. The van der Waals surface area contributed by atoms with Crippen LogP contribution in [0, 0.1) is 0 Å². The van der Waals surface area contributed by atoms with E-state index < -0.39 is 17.9 Å². The van der Waals surface area contributed by atoms with Crippen LogP contribution in [0.3, 0.4) is 0 Å². The lowest BCUT2D eigenvalue weighted by atomic mass is 10.2. The Labute approximate surface area is 105 Å². The van der Waals surface area contributed by atoms with Crippen molar-refractivity contribution in [3.63, 3.8) is 0 Å². The molecule has 0 saturated carbocycles. The number of amides is 1. The first-order valence-electron chi connectivity index (χ1n) is 5.66. The molecule has 0 fully saturated rings. The number of phenolic OH excluding ortho intramolecular Hbond substituents is 1. The van der Waals surface area contributed by atoms with Crippen LogP contribution < -0.4 is 15.7 Å². The molecule has 98 valence electrons. The fourth-order valence-corrected chi connectivity index (χ4v) is 1.50. The van der Waals surface area contributed by atoms with Crippen molar-refractivity contribution < 1.29 is 25.1 Å². The number of nitrogens with one attached hydrogen (secondary N) is 1. The molecular weight excluding hydrogens is 236 g/mol. The predicted octanol–water partition coefficient (Wildman–Crippen LogP) is -1.58. The summed E-state index contributed by atoms with van der Waals surface area (Å²) in [5.74, 6) is -1.56. The second-order valence-electron chi connectivity index (χ2n) is 3.87. The average Bonchev–Trinajstić information content (AvgIpc) is 2.31. The summed E-state index contributed by atoms with van der Waals surface area (Å²) >= 11 is 0. The van der Waals surface area contributed by atoms with Gasteiger partial charge in [-0.15, -0.1) is 0 Å². The molecule has 1 atom stereocenters. The Kier molecular flexibility index (Phi) is 5.13. The number of hydrogen-bond acceptors (Lipinski definition) is 4. The number of hydrogen-bond donors (Lipinski definition) is 3. The van der Waals surface area contributed by atoms with E-state index in [9.17, 15) is 14.7 Å². The highest BCUT2D eigenvalue weighted by Gasteiger charge is 2.17. The topological polar surface area (TPSA) is 106 Å². The van der Waals surface area contributed by atoms with Gasteiger partial charge in [-0.2, -0.15) is 0 Å². The third-order valence-corrected chi connectivity index (χ3v) is 2.38. The summed E-state index contributed by atoms with van der Waals surface area (Å²) < 4.78 is 0. The number of carbonyl (C=O) groups excluding carboxylic acids is 2. The van der Waals surface area contributed by atoms with Gasteiger partial charge >= 0.3 is 0 Å². The van der Waals surface area contributed by atoms with Crippen LogP contribution in [0.4, 0.5) is 5.69 Å². The van der Waals surface area contributed by atoms with Gasteiger partial charge < -0.3 is 25.6 Å². The first-order chi connectivity index (χ1) is 8.52. The van der Waals surface area contributed by atoms with E-state index in [1.165, 1.54) is 29.6 Å². The summed E-state index contributed by atoms with van der Waals surface area (Å²) in [6, 6.07) is 5.05. The second kappa shape index (κ2) is 6.61. The Morgan fingerprint density at radius 2 is 2.00 bits per heavy atom. The van der Waals surface area contributed by atoms with Crippen LogP contribution >= 0.6 is 0 Å². The standard InChI is InChI=1S/C12H16N2O4/c1-2-13-10(12(17)18)7-11(16)14-8-3-5-9(15)6-4-8/h3-6,10,13,15H,2,7H2,1H3,(H,14,16)(H,17,18)/t10-/m1/s1. The van der Waals surface area contributed by atoms with Gasteiger partial charge in [0.1, 0.15) is 11.8 Å². The number of carboxylic acids is 1. The second-order valence-corrected chi connectivity index (χ2v) is 3.87. The molecule has 1 rings (SSSR count). The molecule has 0 spiro atoms. The van der Waals surface area contributed by atoms with Gasteiger partial charge in [0, 0.05) is 5.69 Å². The summed E-state index contributed by atoms with van der Waals surface area (Å²) in [5, 5.41) is 23.9. The van der Waals surface area contributed by atoms with E-state index in [1.807, 2.05) is 0 Å². The van der Waals surface area contributed by atoms with Crippen LogP contribution in [-0.2, 0) is 9.59 Å². The molecule has 0 bridgehead atoms. The smallest absolute Gasteiger partial charge is 0.230 e. The highest BCUT2D eigenvalue weighted by molar-refractivity contribution is 5.93. The van der Waals surface area contributed by atoms with Crippen molar-refractivity contribution >= 4 is 17.6 Å². The minimum Gasteiger partial charge on any atom is -0.544 e. The van der Waals surface area contributed by atoms with Crippen molar-refractivity contribution in [3.8, 4) is 5.75 Å². The minimum atomic E-state index is -1.25. The zero-order valence-electron chi connectivity index (χ0n) is 10.1. The Bertz CT molecular complexity index is 417. The number of phenols is 1. The number of benzene rings is 1. The van der Waals surface area contributed by atoms with E-state index in [4.69, 9.17) is 5.11 Å². The van der Waals surface area contributed by atoms with E-state index in [0.29, 0.717) is 12.2 Å². The Balaban J connectivity index is 2.54. The lowest BCUT2D eigenvalue weighted by Crippen LogP contribution is -2.93. The molecule has 1 aromatic rings. The van der Waals surface area contributed by atoms with E-state index in [-0.39, 0.29) is 12.2 Å². The number of nitrogens with two attached hydrogens (primary N) is 1. The van der Waals surface area contributed by atoms with Crippen molar-refractivity contribution in [2.75, 3.05) is 11.9 Å². The van der Waals surface area contributed by atoms with Gasteiger partial charge in [-0.1, -0.05) is 0 Å². The van der Waals surface area contributed by atoms with Crippen molar-refractivity contribution in [2.24, 2.45) is 0 Å². The molecule has 6 nitrogen and oxygen atoms in total. The summed E-state index contributed by atoms with van der Waals surface area (Å²) in [4.78, 5) is 22.4. The van der Waals surface area contributed by atoms with Crippen LogP contribution in [0.15, 0.2) is 24.3 Å². The molecule has 6 heteroatoms. The van der Waals surface area contributed by atoms with Gasteiger partial charge in [-0.25, -0.2) is 0 Å². The molecular formula is C12H16N2O4. The molecule has 0 aliphatic carbocycles. The fourth-order valence-electron chi connectivity index (χ4n) is 1.50. The normalized spacial score (nSPS) is 11.8. The molecule has 0 saturated heterocycles. The van der Waals surface area contributed by atoms with E-state index in [0.717, 1.165) is 0 Å². The molecule has 0 aliphatic rings. The maximum absolute atomic E-state index is 11.6. The summed E-state index contributed by atoms with van der Waals surface area (Å²) in [6.07, 6.45) is -0.156. The number of carbonyl (C=O) groups is 2. The highest BCUT2D eigenvalue weighted by Crippen LogP contribution is 2.13. The lowest BCUT2D eigenvalue weighted by molar-refractivity contribution is -0.679. The number of rotatable bonds is 6. The number of aromatic hydroxyl groups is 1. The first kappa shape index (κ1) is 14.0. The maximum atomic E-state index is 11.6. The van der Waals surface area contributed by atoms with Crippen LogP contribution in [0.25, 0.3) is 0 Å². The first-order valence-corrected chi connectivity index (χ1v) is 5.66. The van der Waals surface area contributed by atoms with Gasteiger partial charge in [0.05, 0.1) is 18.9 Å².